The standard InChI is InChI=1S/C13H25NO2S/c1-12(2,3)14-7-8-17-10-13(5-6-13)9-11(15)16-4/h14H,5-10H2,1-4H3. The molecule has 1 rings (SSSR count). The molecule has 4 heteroatoms. The Balaban J connectivity index is 2.08. The summed E-state index contributed by atoms with van der Waals surface area (Å²) in [5.41, 5.74) is 0.462. The molecule has 3 nitrogen and oxygen atoms in total. The molecule has 1 aliphatic rings. The molecule has 0 heterocycles. The SMILES string of the molecule is COC(=O)CC1(CSCCNC(C)(C)C)CC1. The minimum Gasteiger partial charge on any atom is -0.469 e. The third-order valence-corrected chi connectivity index (χ3v) is 4.32. The second-order valence-corrected chi connectivity index (χ2v) is 7.09. The zero-order valence-corrected chi connectivity index (χ0v) is 12.3. The highest BCUT2D eigenvalue weighted by Crippen LogP contribution is 2.51. The van der Waals surface area contributed by atoms with Gasteiger partial charge < -0.3 is 10.1 Å². The minimum absolute atomic E-state index is 0.0593. The Labute approximate surface area is 109 Å². The Morgan fingerprint density at radius 3 is 2.53 bits per heavy atom. The van der Waals surface area contributed by atoms with Gasteiger partial charge in [0, 0.05) is 17.8 Å². The maximum absolute atomic E-state index is 11.2. The zero-order chi connectivity index (χ0) is 12.9. The summed E-state index contributed by atoms with van der Waals surface area (Å²) < 4.78 is 4.74. The quantitative estimate of drug-likeness (QED) is 0.563. The number of carbonyl (C=O) groups excluding carboxylic acids is 1. The lowest BCUT2D eigenvalue weighted by Gasteiger charge is -2.20. The van der Waals surface area contributed by atoms with E-state index in [-0.39, 0.29) is 16.9 Å². The van der Waals surface area contributed by atoms with Crippen LogP contribution in [0.4, 0.5) is 0 Å². The van der Waals surface area contributed by atoms with Gasteiger partial charge in [-0.15, -0.1) is 0 Å². The largest absolute Gasteiger partial charge is 0.469 e. The van der Waals surface area contributed by atoms with Crippen molar-refractivity contribution >= 4 is 17.7 Å². The Morgan fingerprint density at radius 1 is 1.41 bits per heavy atom. The Morgan fingerprint density at radius 2 is 2.06 bits per heavy atom. The number of ether oxygens (including phenoxy) is 1. The molecule has 17 heavy (non-hydrogen) atoms. The molecule has 0 aliphatic heterocycles. The minimum atomic E-state index is -0.0593. The summed E-state index contributed by atoms with van der Waals surface area (Å²) in [6.45, 7) is 7.56. The fourth-order valence-electron chi connectivity index (χ4n) is 1.71. The van der Waals surface area contributed by atoms with Gasteiger partial charge in [0.25, 0.3) is 0 Å². The van der Waals surface area contributed by atoms with Crippen LogP contribution < -0.4 is 5.32 Å². The molecule has 0 atom stereocenters. The molecule has 0 bridgehead atoms. The van der Waals surface area contributed by atoms with Crippen molar-refractivity contribution in [2.24, 2.45) is 5.41 Å². The van der Waals surface area contributed by atoms with Gasteiger partial charge in [0.1, 0.15) is 0 Å². The van der Waals surface area contributed by atoms with E-state index in [1.807, 2.05) is 11.8 Å². The van der Waals surface area contributed by atoms with Crippen molar-refractivity contribution in [3.63, 3.8) is 0 Å². The van der Waals surface area contributed by atoms with Gasteiger partial charge in [0.2, 0.25) is 0 Å². The third kappa shape index (κ3) is 6.32. The Bertz CT molecular complexity index is 257. The van der Waals surface area contributed by atoms with E-state index >= 15 is 0 Å². The second-order valence-electron chi connectivity index (χ2n) is 5.98. The van der Waals surface area contributed by atoms with Crippen molar-refractivity contribution in [3.8, 4) is 0 Å². The van der Waals surface area contributed by atoms with E-state index in [0.717, 1.165) is 18.1 Å². The lowest BCUT2D eigenvalue weighted by Crippen LogP contribution is -2.37. The molecule has 1 N–H and O–H groups in total. The Kier molecular flexibility index (Phi) is 5.32. The van der Waals surface area contributed by atoms with Gasteiger partial charge in [-0.3, -0.25) is 4.79 Å². The molecule has 1 fully saturated rings. The fraction of sp³-hybridized carbons (Fsp3) is 0.923. The smallest absolute Gasteiger partial charge is 0.306 e. The van der Waals surface area contributed by atoms with E-state index in [2.05, 4.69) is 26.1 Å². The number of hydrogen-bond donors (Lipinski definition) is 1. The second kappa shape index (κ2) is 6.10. The third-order valence-electron chi connectivity index (χ3n) is 3.01. The first-order chi connectivity index (χ1) is 7.87. The maximum Gasteiger partial charge on any atom is 0.306 e. The van der Waals surface area contributed by atoms with Crippen LogP contribution in [0.5, 0.6) is 0 Å². The predicted molar refractivity (Wildman–Crippen MR) is 73.4 cm³/mol. The van der Waals surface area contributed by atoms with Gasteiger partial charge in [-0.1, -0.05) is 0 Å². The van der Waals surface area contributed by atoms with Crippen molar-refractivity contribution in [2.75, 3.05) is 25.2 Å². The van der Waals surface area contributed by atoms with Crippen molar-refractivity contribution in [1.29, 1.82) is 0 Å². The molecule has 0 aromatic carbocycles. The first-order valence-corrected chi connectivity index (χ1v) is 7.42. The van der Waals surface area contributed by atoms with Crippen LogP contribution in [0.1, 0.15) is 40.0 Å². The summed E-state index contributed by atoms with van der Waals surface area (Å²) in [4.78, 5) is 11.2. The van der Waals surface area contributed by atoms with Crippen molar-refractivity contribution in [3.05, 3.63) is 0 Å². The van der Waals surface area contributed by atoms with Crippen LogP contribution in [-0.4, -0.2) is 36.7 Å². The van der Waals surface area contributed by atoms with E-state index in [1.54, 1.807) is 0 Å². The number of hydrogen-bond acceptors (Lipinski definition) is 4. The van der Waals surface area contributed by atoms with Crippen molar-refractivity contribution in [1.82, 2.24) is 5.32 Å². The zero-order valence-electron chi connectivity index (χ0n) is 11.5. The van der Waals surface area contributed by atoms with Crippen molar-refractivity contribution < 1.29 is 9.53 Å². The molecule has 100 valence electrons. The molecular formula is C13H25NO2S. The highest BCUT2D eigenvalue weighted by Gasteiger charge is 2.44. The number of rotatable bonds is 7. The van der Waals surface area contributed by atoms with Gasteiger partial charge in [0.15, 0.2) is 0 Å². The first kappa shape index (κ1) is 14.8. The monoisotopic (exact) mass is 259 g/mol. The van der Waals surface area contributed by atoms with Gasteiger partial charge in [0.05, 0.1) is 13.5 Å². The summed E-state index contributed by atoms with van der Waals surface area (Å²) in [7, 11) is 1.47. The molecule has 0 amide bonds. The molecule has 0 unspecified atom stereocenters. The first-order valence-electron chi connectivity index (χ1n) is 6.27. The number of thioether (sulfide) groups is 1. The highest BCUT2D eigenvalue weighted by atomic mass is 32.2. The number of methoxy groups -OCH3 is 1. The van der Waals surface area contributed by atoms with Crippen LogP contribution >= 0.6 is 11.8 Å². The number of esters is 1. The topological polar surface area (TPSA) is 38.3 Å². The van der Waals surface area contributed by atoms with Gasteiger partial charge in [-0.2, -0.15) is 11.8 Å². The molecule has 0 radical (unpaired) electrons. The molecule has 1 aliphatic carbocycles. The van der Waals surface area contributed by atoms with Crippen molar-refractivity contribution in [2.45, 2.75) is 45.6 Å². The van der Waals surface area contributed by atoms with E-state index in [4.69, 9.17) is 4.74 Å². The van der Waals surface area contributed by atoms with Crippen LogP contribution in [0.15, 0.2) is 0 Å². The average molecular weight is 259 g/mol. The summed E-state index contributed by atoms with van der Waals surface area (Å²) in [5, 5.41) is 3.47. The van der Waals surface area contributed by atoms with E-state index in [9.17, 15) is 4.79 Å². The van der Waals surface area contributed by atoms with Crippen LogP contribution in [0, 0.1) is 5.41 Å². The predicted octanol–water partition coefficient (Wildman–Crippen LogP) is 2.45. The maximum atomic E-state index is 11.2. The average Bonchev–Trinajstić information content (AvgIpc) is 2.96. The van der Waals surface area contributed by atoms with Gasteiger partial charge in [-0.25, -0.2) is 0 Å². The van der Waals surface area contributed by atoms with E-state index < -0.39 is 0 Å². The van der Waals surface area contributed by atoms with Crippen LogP contribution in [-0.2, 0) is 9.53 Å². The highest BCUT2D eigenvalue weighted by molar-refractivity contribution is 7.99. The number of carbonyl (C=O) groups is 1. The fourth-order valence-corrected chi connectivity index (χ4v) is 2.93. The molecule has 0 saturated heterocycles. The summed E-state index contributed by atoms with van der Waals surface area (Å²) in [6, 6.07) is 0. The molecule has 0 aromatic heterocycles. The normalized spacial score (nSPS) is 17.9. The summed E-state index contributed by atoms with van der Waals surface area (Å²) in [6.07, 6.45) is 2.97. The Hall–Kier alpha value is -0.220. The number of nitrogens with one attached hydrogen (secondary N) is 1. The summed E-state index contributed by atoms with van der Waals surface area (Å²) in [5.74, 6) is 2.14. The van der Waals surface area contributed by atoms with Crippen LogP contribution in [0.2, 0.25) is 0 Å². The van der Waals surface area contributed by atoms with Gasteiger partial charge in [-0.05, 0) is 44.8 Å². The summed E-state index contributed by atoms with van der Waals surface area (Å²) >= 11 is 1.95. The molecule has 0 aromatic rings. The molecule has 0 spiro atoms. The lowest BCUT2D eigenvalue weighted by molar-refractivity contribution is -0.141. The van der Waals surface area contributed by atoms with Crippen LogP contribution in [0.25, 0.3) is 0 Å². The van der Waals surface area contributed by atoms with Crippen LogP contribution in [0.3, 0.4) is 0 Å². The van der Waals surface area contributed by atoms with E-state index in [0.29, 0.717) is 6.42 Å². The lowest BCUT2D eigenvalue weighted by atomic mass is 10.1. The molecular weight excluding hydrogens is 234 g/mol. The molecule has 1 saturated carbocycles. The van der Waals surface area contributed by atoms with E-state index in [1.165, 1.54) is 20.0 Å². The van der Waals surface area contributed by atoms with Gasteiger partial charge >= 0.3 is 5.97 Å².